The molecule has 0 aliphatic heterocycles. The lowest BCUT2D eigenvalue weighted by atomic mass is 9.87. The summed E-state index contributed by atoms with van der Waals surface area (Å²) in [4.78, 5) is 11.9. The number of ketones is 1. The molecule has 3 heteroatoms. The van der Waals surface area contributed by atoms with Crippen LogP contribution in [0.4, 0.5) is 0 Å². The molecule has 19 heavy (non-hydrogen) atoms. The minimum absolute atomic E-state index is 0.0873. The Hall–Kier alpha value is -1.38. The standard InChI is InChI=1S/C16H21NO2/c1-9(2)12-6-13(10(3)18)14(7-12)16-15(8-19-17-16)11-4-5-11/h8,11-14H,1,4-7H2,2-3H3/t12-,13+,14-/m0/s1. The van der Waals surface area contributed by atoms with E-state index in [0.717, 1.165) is 18.5 Å². The SMILES string of the molecule is C=C(C)[C@H]1C[C@H](C(C)=O)[C@@H](c2nocc2C2CC2)C1. The van der Waals surface area contributed by atoms with Gasteiger partial charge in [0.1, 0.15) is 12.0 Å². The van der Waals surface area contributed by atoms with Crippen molar-refractivity contribution in [2.24, 2.45) is 11.8 Å². The molecule has 0 spiro atoms. The highest BCUT2D eigenvalue weighted by Crippen LogP contribution is 2.50. The van der Waals surface area contributed by atoms with Crippen LogP contribution < -0.4 is 0 Å². The van der Waals surface area contributed by atoms with Crippen molar-refractivity contribution in [1.82, 2.24) is 5.16 Å². The molecule has 2 fully saturated rings. The zero-order valence-corrected chi connectivity index (χ0v) is 11.7. The normalized spacial score (nSPS) is 30.5. The maximum atomic E-state index is 11.9. The minimum atomic E-state index is 0.0873. The first-order valence-corrected chi connectivity index (χ1v) is 7.18. The summed E-state index contributed by atoms with van der Waals surface area (Å²) in [6, 6.07) is 0. The van der Waals surface area contributed by atoms with Gasteiger partial charge < -0.3 is 4.52 Å². The largest absolute Gasteiger partial charge is 0.364 e. The maximum Gasteiger partial charge on any atom is 0.133 e. The van der Waals surface area contributed by atoms with E-state index in [4.69, 9.17) is 4.52 Å². The van der Waals surface area contributed by atoms with Gasteiger partial charge in [-0.3, -0.25) is 4.79 Å². The molecule has 0 aromatic carbocycles. The molecule has 0 bridgehead atoms. The second-order valence-corrected chi connectivity index (χ2v) is 6.27. The number of hydrogen-bond acceptors (Lipinski definition) is 3. The fourth-order valence-electron chi connectivity index (χ4n) is 3.43. The van der Waals surface area contributed by atoms with Gasteiger partial charge in [0, 0.05) is 17.4 Å². The topological polar surface area (TPSA) is 43.1 Å². The van der Waals surface area contributed by atoms with Crippen molar-refractivity contribution >= 4 is 5.78 Å². The van der Waals surface area contributed by atoms with Gasteiger partial charge in [-0.15, -0.1) is 0 Å². The summed E-state index contributed by atoms with van der Waals surface area (Å²) in [6.07, 6.45) is 6.17. The van der Waals surface area contributed by atoms with Gasteiger partial charge in [-0.25, -0.2) is 0 Å². The molecular weight excluding hydrogens is 238 g/mol. The van der Waals surface area contributed by atoms with Gasteiger partial charge in [-0.2, -0.15) is 0 Å². The van der Waals surface area contributed by atoms with Gasteiger partial charge in [0.05, 0.1) is 5.69 Å². The van der Waals surface area contributed by atoms with Crippen LogP contribution in [-0.2, 0) is 4.79 Å². The molecule has 1 aromatic rings. The molecule has 2 saturated carbocycles. The summed E-state index contributed by atoms with van der Waals surface area (Å²) in [5.74, 6) is 1.66. The third kappa shape index (κ3) is 2.26. The van der Waals surface area contributed by atoms with Crippen LogP contribution in [0.2, 0.25) is 0 Å². The fraction of sp³-hybridized carbons (Fsp3) is 0.625. The number of nitrogens with zero attached hydrogens (tertiary/aromatic N) is 1. The summed E-state index contributed by atoms with van der Waals surface area (Å²) >= 11 is 0. The molecule has 0 saturated heterocycles. The fourth-order valence-corrected chi connectivity index (χ4v) is 3.43. The van der Waals surface area contributed by atoms with E-state index in [2.05, 4.69) is 18.7 Å². The molecular formula is C16H21NO2. The van der Waals surface area contributed by atoms with E-state index < -0.39 is 0 Å². The van der Waals surface area contributed by atoms with Crippen molar-refractivity contribution in [2.45, 2.75) is 51.4 Å². The van der Waals surface area contributed by atoms with Crippen molar-refractivity contribution < 1.29 is 9.32 Å². The van der Waals surface area contributed by atoms with Crippen molar-refractivity contribution in [3.05, 3.63) is 29.7 Å². The van der Waals surface area contributed by atoms with Crippen molar-refractivity contribution in [3.63, 3.8) is 0 Å². The number of Topliss-reactive ketones (excluding diaryl/α,β-unsaturated/α-hetero) is 1. The average Bonchev–Trinajstić information content (AvgIpc) is 2.93. The molecule has 3 atom stereocenters. The molecule has 2 aliphatic carbocycles. The predicted octanol–water partition coefficient (Wildman–Crippen LogP) is 3.83. The highest BCUT2D eigenvalue weighted by molar-refractivity contribution is 5.80. The Morgan fingerprint density at radius 1 is 1.37 bits per heavy atom. The first-order chi connectivity index (χ1) is 9.08. The van der Waals surface area contributed by atoms with E-state index >= 15 is 0 Å². The van der Waals surface area contributed by atoms with Crippen LogP contribution in [0.5, 0.6) is 0 Å². The van der Waals surface area contributed by atoms with E-state index in [1.807, 2.05) is 0 Å². The van der Waals surface area contributed by atoms with Crippen LogP contribution in [0.3, 0.4) is 0 Å². The van der Waals surface area contributed by atoms with E-state index in [0.29, 0.717) is 11.8 Å². The number of aromatic nitrogens is 1. The van der Waals surface area contributed by atoms with Gasteiger partial charge in [-0.1, -0.05) is 17.3 Å². The molecule has 0 N–H and O–H groups in total. The number of rotatable bonds is 4. The van der Waals surface area contributed by atoms with Crippen LogP contribution in [0.25, 0.3) is 0 Å². The Balaban J connectivity index is 1.90. The molecule has 1 heterocycles. The smallest absolute Gasteiger partial charge is 0.133 e. The monoisotopic (exact) mass is 259 g/mol. The highest BCUT2D eigenvalue weighted by atomic mass is 16.5. The Morgan fingerprint density at radius 2 is 2.11 bits per heavy atom. The molecule has 102 valence electrons. The van der Waals surface area contributed by atoms with Crippen LogP contribution in [0.15, 0.2) is 22.9 Å². The molecule has 3 nitrogen and oxygen atoms in total. The van der Waals surface area contributed by atoms with Crippen molar-refractivity contribution in [2.75, 3.05) is 0 Å². The lowest BCUT2D eigenvalue weighted by Gasteiger charge is -2.15. The number of carbonyl (C=O) groups is 1. The Morgan fingerprint density at radius 3 is 2.68 bits per heavy atom. The Bertz CT molecular complexity index is 513. The molecule has 2 aliphatic rings. The van der Waals surface area contributed by atoms with Crippen LogP contribution in [0, 0.1) is 11.8 Å². The molecule has 0 radical (unpaired) electrons. The van der Waals surface area contributed by atoms with Gasteiger partial charge in [-0.05, 0) is 51.4 Å². The quantitative estimate of drug-likeness (QED) is 0.772. The number of carbonyl (C=O) groups excluding carboxylic acids is 1. The van der Waals surface area contributed by atoms with E-state index in [1.165, 1.54) is 24.0 Å². The lowest BCUT2D eigenvalue weighted by molar-refractivity contribution is -0.121. The van der Waals surface area contributed by atoms with Gasteiger partial charge in [0.15, 0.2) is 0 Å². The van der Waals surface area contributed by atoms with Crippen molar-refractivity contribution in [1.29, 1.82) is 0 Å². The van der Waals surface area contributed by atoms with E-state index in [-0.39, 0.29) is 17.6 Å². The van der Waals surface area contributed by atoms with E-state index in [1.54, 1.807) is 13.2 Å². The van der Waals surface area contributed by atoms with Crippen LogP contribution >= 0.6 is 0 Å². The van der Waals surface area contributed by atoms with Crippen molar-refractivity contribution in [3.8, 4) is 0 Å². The third-order valence-electron chi connectivity index (χ3n) is 4.78. The first kappa shape index (κ1) is 12.6. The Labute approximate surface area is 114 Å². The maximum absolute atomic E-state index is 11.9. The number of allylic oxidation sites excluding steroid dienone is 1. The zero-order chi connectivity index (χ0) is 13.6. The van der Waals surface area contributed by atoms with E-state index in [9.17, 15) is 4.79 Å². The van der Waals surface area contributed by atoms with Gasteiger partial charge >= 0.3 is 0 Å². The molecule has 3 rings (SSSR count). The highest BCUT2D eigenvalue weighted by Gasteiger charge is 2.42. The van der Waals surface area contributed by atoms with Crippen LogP contribution in [0.1, 0.15) is 62.6 Å². The summed E-state index contributed by atoms with van der Waals surface area (Å²) in [5, 5.41) is 4.23. The average molecular weight is 259 g/mol. The summed E-state index contributed by atoms with van der Waals surface area (Å²) in [6.45, 7) is 7.83. The predicted molar refractivity (Wildman–Crippen MR) is 72.9 cm³/mol. The molecule has 0 unspecified atom stereocenters. The second-order valence-electron chi connectivity index (χ2n) is 6.27. The Kier molecular flexibility index (Phi) is 3.08. The van der Waals surface area contributed by atoms with Crippen LogP contribution in [-0.4, -0.2) is 10.9 Å². The summed E-state index contributed by atoms with van der Waals surface area (Å²) in [5.41, 5.74) is 3.48. The zero-order valence-electron chi connectivity index (χ0n) is 11.7. The third-order valence-corrected chi connectivity index (χ3v) is 4.78. The molecule has 1 aromatic heterocycles. The summed E-state index contributed by atoms with van der Waals surface area (Å²) < 4.78 is 5.20. The van der Waals surface area contributed by atoms with Gasteiger partial charge in [0.2, 0.25) is 0 Å². The minimum Gasteiger partial charge on any atom is -0.364 e. The first-order valence-electron chi connectivity index (χ1n) is 7.18. The molecule has 0 amide bonds. The second kappa shape index (κ2) is 4.62. The summed E-state index contributed by atoms with van der Waals surface area (Å²) in [7, 11) is 0. The van der Waals surface area contributed by atoms with Gasteiger partial charge in [0.25, 0.3) is 0 Å². The number of hydrogen-bond donors (Lipinski definition) is 0. The lowest BCUT2D eigenvalue weighted by Crippen LogP contribution is -2.15.